The molecule has 71 heavy (non-hydrogen) atoms. The highest BCUT2D eigenvalue weighted by atomic mass is 32.2. The maximum atomic E-state index is 12.7. The summed E-state index contributed by atoms with van der Waals surface area (Å²) in [4.78, 5) is 30.6. The molecule has 0 unspecified atom stereocenters. The molecule has 36 heteroatoms. The average molecular weight is 1100 g/mol. The first kappa shape index (κ1) is 55.3. The van der Waals surface area contributed by atoms with Crippen molar-refractivity contribution in [1.82, 2.24) is 14.8 Å². The number of phenolic OH excluding ortho intramolecular Hbond substituents is 1. The molecule has 5 aromatic carbocycles. The van der Waals surface area contributed by atoms with Gasteiger partial charge in [-0.3, -0.25) is 18.5 Å². The molecular weight excluding hydrogens is 1070 g/mol. The molecule has 0 fully saturated rings. The lowest BCUT2D eigenvalue weighted by atomic mass is 10.1. The summed E-state index contributed by atoms with van der Waals surface area (Å²) in [5.41, 5.74) is -1.11. The molecule has 7 aromatic rings. The van der Waals surface area contributed by atoms with Gasteiger partial charge >= 0.3 is 27.4 Å². The number of fused-ring (bicyclic) bond motifs is 2. The zero-order chi connectivity index (χ0) is 53.0. The Labute approximate surface area is 402 Å². The first-order chi connectivity index (χ1) is 33.2. The highest BCUT2D eigenvalue weighted by molar-refractivity contribution is 7.86. The molecule has 0 bridgehead atoms. The van der Waals surface area contributed by atoms with Crippen LogP contribution in [-0.2, 0) is 66.0 Å². The number of anilines is 1. The quantitative estimate of drug-likeness (QED) is 0.0697. The van der Waals surface area contributed by atoms with E-state index < -0.39 is 95.2 Å². The molecule has 0 saturated carbocycles. The lowest BCUT2D eigenvalue weighted by Crippen LogP contribution is -2.07. The molecule has 30 nitrogen and oxygen atoms in total. The van der Waals surface area contributed by atoms with E-state index >= 15 is 0 Å². The molecule has 1 amide bonds. The van der Waals surface area contributed by atoms with Crippen molar-refractivity contribution in [2.75, 3.05) is 5.32 Å². The standard InChI is InChI=1S/C34H24N10O12S4.CO2.2O3S/c1-17(45)36-25-14-27(30(59(51,52)53)15-26(25)40-43-34-37-22-4-2-3-5-29(22)57-34)41-38-23-12-11-21-20(31(23)46)10-13-24(32(21)60(54,55)56)39-42-28-16-35-44(33(28)47)18-6-8-19(9-7-18)58(48,49)50;2-1-3;2*1-4(2)3/h2-16,46-47H,1H3,(H,36,45)(H,48,49,50)(H,51,52,53)(H,54,55,56);;;. The number of nitrogens with one attached hydrogen (secondary N) is 1. The van der Waals surface area contributed by atoms with Gasteiger partial charge in [-0.2, -0.15) is 44.6 Å². The highest BCUT2D eigenvalue weighted by Crippen LogP contribution is 2.44. The van der Waals surface area contributed by atoms with E-state index in [9.17, 15) is 53.9 Å². The van der Waals surface area contributed by atoms with Crippen molar-refractivity contribution in [3.63, 3.8) is 0 Å². The number of phenols is 1. The molecule has 0 saturated heterocycles. The topological polar surface area (TPSA) is 474 Å². The third-order valence-corrected chi connectivity index (χ3v) is 11.8. The molecule has 0 spiro atoms. The summed E-state index contributed by atoms with van der Waals surface area (Å²) in [6.07, 6.45) is 1.29. The number of azo groups is 3. The van der Waals surface area contributed by atoms with Crippen molar-refractivity contribution in [1.29, 1.82) is 0 Å². The fraction of sp³-hybridized carbons (Fsp3) is 0.0286. The van der Waals surface area contributed by atoms with Crippen molar-refractivity contribution in [2.45, 2.75) is 21.6 Å². The number of aromatic hydroxyl groups is 2. The summed E-state index contributed by atoms with van der Waals surface area (Å²) >= 11 is 1.19. The number of benzene rings is 5. The number of hydrogen-bond donors (Lipinski definition) is 6. The van der Waals surface area contributed by atoms with Crippen LogP contribution in [0.3, 0.4) is 0 Å². The first-order valence-electron chi connectivity index (χ1n) is 17.8. The summed E-state index contributed by atoms with van der Waals surface area (Å²) in [6, 6.07) is 18.1. The number of amides is 1. The van der Waals surface area contributed by atoms with E-state index in [1.807, 2.05) is 6.07 Å². The molecule has 7 rings (SSSR count). The minimum atomic E-state index is -5.10. The van der Waals surface area contributed by atoms with Crippen LogP contribution in [-0.4, -0.2) is 101 Å². The smallest absolute Gasteiger partial charge is 0.425 e. The van der Waals surface area contributed by atoms with Crippen LogP contribution in [0, 0.1) is 0 Å². The van der Waals surface area contributed by atoms with Crippen LogP contribution in [0.25, 0.3) is 26.7 Å². The average Bonchev–Trinajstić information content (AvgIpc) is 3.86. The molecule has 0 radical (unpaired) electrons. The number of rotatable bonds is 11. The second-order valence-electron chi connectivity index (χ2n) is 12.7. The molecular formula is C35H24N10O20S6. The number of thiazole rings is 1. The van der Waals surface area contributed by atoms with Crippen molar-refractivity contribution in [3.8, 4) is 17.3 Å². The van der Waals surface area contributed by atoms with E-state index in [2.05, 4.69) is 46.1 Å². The minimum absolute atomic E-state index is 0.0917. The Kier molecular flexibility index (Phi) is 18.2. The molecule has 0 aliphatic heterocycles. The molecule has 0 aliphatic carbocycles. The Hall–Kier alpha value is -8.32. The Balaban J connectivity index is 0.000000906. The van der Waals surface area contributed by atoms with Crippen LogP contribution in [0.1, 0.15) is 6.92 Å². The van der Waals surface area contributed by atoms with Crippen molar-refractivity contribution in [3.05, 3.63) is 91.1 Å². The van der Waals surface area contributed by atoms with E-state index in [0.29, 0.717) is 5.52 Å². The van der Waals surface area contributed by atoms with E-state index in [1.165, 1.54) is 36.5 Å². The fourth-order valence-corrected chi connectivity index (χ4v) is 8.27. The van der Waals surface area contributed by atoms with Crippen LogP contribution >= 0.6 is 11.3 Å². The molecule has 6 N–H and O–H groups in total. The summed E-state index contributed by atoms with van der Waals surface area (Å²) in [6.45, 7) is 1.17. The van der Waals surface area contributed by atoms with Gasteiger partial charge in [-0.1, -0.05) is 29.5 Å². The van der Waals surface area contributed by atoms with Gasteiger partial charge in [0.25, 0.3) is 30.4 Å². The van der Waals surface area contributed by atoms with E-state index in [4.69, 9.17) is 34.8 Å². The zero-order valence-electron chi connectivity index (χ0n) is 34.5. The van der Waals surface area contributed by atoms with Gasteiger partial charge in [0, 0.05) is 17.7 Å². The Morgan fingerprint density at radius 1 is 0.662 bits per heavy atom. The maximum absolute atomic E-state index is 12.7. The third-order valence-electron chi connectivity index (χ3n) is 8.17. The van der Waals surface area contributed by atoms with Crippen LogP contribution in [0.15, 0.2) is 136 Å². The number of aromatic nitrogens is 3. The van der Waals surface area contributed by atoms with Crippen LogP contribution in [0.5, 0.6) is 11.6 Å². The predicted octanol–water partition coefficient (Wildman–Crippen LogP) is 5.40. The SMILES string of the molecule is CC(=O)Nc1cc(N=Nc2ccc3c(S(=O)(=O)O)c(N=Nc4cnn(-c5ccc(S(=O)(=O)O)cc5)c4O)ccc3c2O)c(S(=O)(=O)O)cc1N=Nc1nc2ccccc2s1.O=C=O.O=S(=O)=O.O=S(=O)=O. The number of nitrogens with zero attached hydrogens (tertiary/aromatic N) is 9. The second kappa shape index (κ2) is 23.3. The number of para-hydroxylation sites is 1. The molecule has 2 aromatic heterocycles. The second-order valence-corrected chi connectivity index (χ2v) is 18.7. The summed E-state index contributed by atoms with van der Waals surface area (Å²) < 4.78 is 155. The van der Waals surface area contributed by atoms with Gasteiger partial charge < -0.3 is 15.5 Å². The maximum Gasteiger partial charge on any atom is 0.425 e. The lowest BCUT2D eigenvalue weighted by Gasteiger charge is -2.11. The number of carbonyl (C=O) groups is 1. The normalized spacial score (nSPS) is 11.5. The van der Waals surface area contributed by atoms with Gasteiger partial charge in [0.05, 0.1) is 32.7 Å². The van der Waals surface area contributed by atoms with Gasteiger partial charge in [0.1, 0.15) is 32.5 Å². The van der Waals surface area contributed by atoms with Crippen molar-refractivity contribution < 1.29 is 88.8 Å². The highest BCUT2D eigenvalue weighted by Gasteiger charge is 2.24. The van der Waals surface area contributed by atoms with Gasteiger partial charge in [-0.15, -0.1) is 55.9 Å². The molecule has 0 aliphatic rings. The summed E-state index contributed by atoms with van der Waals surface area (Å²) in [5, 5.41) is 51.6. The van der Waals surface area contributed by atoms with Crippen molar-refractivity contribution in [2.24, 2.45) is 30.7 Å². The van der Waals surface area contributed by atoms with E-state index in [1.54, 1.807) is 18.2 Å². The largest absolute Gasteiger partial charge is 0.505 e. The minimum Gasteiger partial charge on any atom is -0.505 e. The monoisotopic (exact) mass is 1100 g/mol. The van der Waals surface area contributed by atoms with E-state index in [0.717, 1.165) is 58.0 Å². The molecule has 0 atom stereocenters. The van der Waals surface area contributed by atoms with Gasteiger partial charge in [-0.25, -0.2) is 4.98 Å². The van der Waals surface area contributed by atoms with Crippen molar-refractivity contribution >= 4 is 135 Å². The zero-order valence-corrected chi connectivity index (χ0v) is 39.4. The first-order valence-corrected chi connectivity index (χ1v) is 25.0. The van der Waals surface area contributed by atoms with Gasteiger partial charge in [0.2, 0.25) is 16.9 Å². The number of carbonyl (C=O) groups excluding carboxylic acids is 3. The molecule has 2 heterocycles. The Morgan fingerprint density at radius 2 is 1.20 bits per heavy atom. The number of hydrogen-bond acceptors (Lipinski definition) is 26. The fourth-order valence-electron chi connectivity index (χ4n) is 5.55. The predicted molar refractivity (Wildman–Crippen MR) is 238 cm³/mol. The van der Waals surface area contributed by atoms with Crippen LogP contribution < -0.4 is 5.32 Å². The van der Waals surface area contributed by atoms with E-state index in [-0.39, 0.29) is 50.5 Å². The van der Waals surface area contributed by atoms with Crippen LogP contribution in [0.4, 0.5) is 39.3 Å². The third kappa shape index (κ3) is 15.1. The summed E-state index contributed by atoms with van der Waals surface area (Å²) in [5.74, 6) is -1.89. The molecule has 370 valence electrons. The van der Waals surface area contributed by atoms with Gasteiger partial charge in [-0.05, 0) is 66.7 Å². The Morgan fingerprint density at radius 3 is 1.76 bits per heavy atom. The summed E-state index contributed by atoms with van der Waals surface area (Å²) in [7, 11) is -20.9. The van der Waals surface area contributed by atoms with Crippen LogP contribution in [0.2, 0.25) is 0 Å². The Bertz CT molecular complexity index is 3860. The van der Waals surface area contributed by atoms with Gasteiger partial charge in [0.15, 0.2) is 11.4 Å². The lowest BCUT2D eigenvalue weighted by molar-refractivity contribution is -0.191.